The average molecular weight is 332 g/mol. The molecule has 0 saturated heterocycles. The fourth-order valence-electron chi connectivity index (χ4n) is 2.19. The maximum absolute atomic E-state index is 13.0. The smallest absolute Gasteiger partial charge is 0.319 e. The Hall–Kier alpha value is -2.60. The van der Waals surface area contributed by atoms with Crippen molar-refractivity contribution in [3.05, 3.63) is 59.4 Å². The summed E-state index contributed by atoms with van der Waals surface area (Å²) in [5.41, 5.74) is 0.709. The number of aliphatic hydroxyl groups is 1. The molecule has 6 heteroatoms. The van der Waals surface area contributed by atoms with E-state index in [0.29, 0.717) is 17.0 Å². The first kappa shape index (κ1) is 17.7. The van der Waals surface area contributed by atoms with Crippen LogP contribution < -0.4 is 15.4 Å². The minimum atomic E-state index is -1.31. The van der Waals surface area contributed by atoms with Crippen molar-refractivity contribution >= 4 is 11.7 Å². The molecule has 0 aliphatic carbocycles. The number of ether oxygens (including phenoxy) is 1. The van der Waals surface area contributed by atoms with Gasteiger partial charge in [-0.2, -0.15) is 0 Å². The Morgan fingerprint density at radius 2 is 1.92 bits per heavy atom. The zero-order chi connectivity index (χ0) is 17.7. The van der Waals surface area contributed by atoms with Crippen LogP contribution in [0.5, 0.6) is 5.75 Å². The van der Waals surface area contributed by atoms with E-state index < -0.39 is 11.6 Å². The topological polar surface area (TPSA) is 70.6 Å². The molecule has 2 rings (SSSR count). The molecule has 0 radical (unpaired) electrons. The van der Waals surface area contributed by atoms with Gasteiger partial charge in [-0.25, -0.2) is 9.18 Å². The molecular weight excluding hydrogens is 311 g/mol. The van der Waals surface area contributed by atoms with E-state index in [1.54, 1.807) is 26.2 Å². The first-order valence-electron chi connectivity index (χ1n) is 7.50. The summed E-state index contributed by atoms with van der Waals surface area (Å²) in [4.78, 5) is 12.1. The summed E-state index contributed by atoms with van der Waals surface area (Å²) >= 11 is 0. The lowest BCUT2D eigenvalue weighted by Gasteiger charge is -2.24. The standard InChI is InChI=1S/C18H21FN2O3/c1-12-4-9-15(24-3)10-16(12)21-17(22)20-11-18(2,23)13-5-7-14(19)8-6-13/h4-10,23H,11H2,1-3H3,(H2,20,21,22). The highest BCUT2D eigenvalue weighted by Gasteiger charge is 2.24. The molecule has 0 bridgehead atoms. The molecule has 2 aromatic rings. The fraction of sp³-hybridized carbons (Fsp3) is 0.278. The number of aryl methyl sites for hydroxylation is 1. The number of urea groups is 1. The zero-order valence-corrected chi connectivity index (χ0v) is 13.9. The fourth-order valence-corrected chi connectivity index (χ4v) is 2.19. The van der Waals surface area contributed by atoms with E-state index in [1.807, 2.05) is 13.0 Å². The lowest BCUT2D eigenvalue weighted by molar-refractivity contribution is 0.0599. The second-order valence-corrected chi connectivity index (χ2v) is 5.77. The van der Waals surface area contributed by atoms with Gasteiger partial charge in [0.1, 0.15) is 17.2 Å². The molecule has 0 spiro atoms. The first-order chi connectivity index (χ1) is 11.3. The summed E-state index contributed by atoms with van der Waals surface area (Å²) in [6, 6.07) is 10.4. The number of carbonyl (C=O) groups is 1. The van der Waals surface area contributed by atoms with Gasteiger partial charge in [-0.15, -0.1) is 0 Å². The van der Waals surface area contributed by atoms with Crippen molar-refractivity contribution in [2.45, 2.75) is 19.4 Å². The predicted octanol–water partition coefficient (Wildman–Crippen LogP) is 3.17. The van der Waals surface area contributed by atoms with Crippen LogP contribution in [0.1, 0.15) is 18.1 Å². The lowest BCUT2D eigenvalue weighted by atomic mass is 9.96. The third kappa shape index (κ3) is 4.45. The Kier molecular flexibility index (Phi) is 5.41. The largest absolute Gasteiger partial charge is 0.497 e. The highest BCUT2D eigenvalue weighted by Crippen LogP contribution is 2.22. The van der Waals surface area contributed by atoms with E-state index in [2.05, 4.69) is 10.6 Å². The number of hydrogen-bond donors (Lipinski definition) is 3. The Morgan fingerprint density at radius 1 is 1.25 bits per heavy atom. The van der Waals surface area contributed by atoms with Crippen molar-refractivity contribution in [1.82, 2.24) is 5.32 Å². The molecule has 0 fully saturated rings. The molecule has 128 valence electrons. The van der Waals surface area contributed by atoms with Crippen LogP contribution in [0.4, 0.5) is 14.9 Å². The van der Waals surface area contributed by atoms with Crippen molar-refractivity contribution in [2.75, 3.05) is 19.0 Å². The van der Waals surface area contributed by atoms with Gasteiger partial charge in [-0.3, -0.25) is 0 Å². The summed E-state index contributed by atoms with van der Waals surface area (Å²) in [6.07, 6.45) is 0. The molecule has 0 saturated carbocycles. The first-order valence-corrected chi connectivity index (χ1v) is 7.50. The number of nitrogens with one attached hydrogen (secondary N) is 2. The zero-order valence-electron chi connectivity index (χ0n) is 13.9. The number of rotatable bonds is 5. The van der Waals surface area contributed by atoms with Crippen molar-refractivity contribution in [3.8, 4) is 5.75 Å². The highest BCUT2D eigenvalue weighted by molar-refractivity contribution is 5.90. The molecule has 2 aromatic carbocycles. The molecule has 5 nitrogen and oxygen atoms in total. The third-order valence-corrected chi connectivity index (χ3v) is 3.75. The number of carbonyl (C=O) groups excluding carboxylic acids is 1. The minimum absolute atomic E-state index is 0.0204. The molecule has 3 N–H and O–H groups in total. The Labute approximate surface area is 140 Å². The van der Waals surface area contributed by atoms with E-state index in [-0.39, 0.29) is 12.4 Å². The van der Waals surface area contributed by atoms with Crippen LogP contribution >= 0.6 is 0 Å². The van der Waals surface area contributed by atoms with Crippen molar-refractivity contribution in [3.63, 3.8) is 0 Å². The van der Waals surface area contributed by atoms with E-state index in [0.717, 1.165) is 5.56 Å². The predicted molar refractivity (Wildman–Crippen MR) is 90.7 cm³/mol. The maximum atomic E-state index is 13.0. The SMILES string of the molecule is COc1ccc(C)c(NC(=O)NCC(C)(O)c2ccc(F)cc2)c1. The van der Waals surface area contributed by atoms with E-state index >= 15 is 0 Å². The molecule has 24 heavy (non-hydrogen) atoms. The number of hydrogen-bond acceptors (Lipinski definition) is 3. The van der Waals surface area contributed by atoms with Crippen molar-refractivity contribution < 1.29 is 19.0 Å². The Bertz CT molecular complexity index is 715. The molecule has 2 amide bonds. The number of methoxy groups -OCH3 is 1. The van der Waals surface area contributed by atoms with Gasteiger partial charge in [0, 0.05) is 11.8 Å². The lowest BCUT2D eigenvalue weighted by Crippen LogP contribution is -2.40. The van der Waals surface area contributed by atoms with Crippen molar-refractivity contribution in [1.29, 1.82) is 0 Å². The number of amides is 2. The monoisotopic (exact) mass is 332 g/mol. The van der Waals surface area contributed by atoms with Crippen LogP contribution in [0.25, 0.3) is 0 Å². The molecule has 0 heterocycles. The number of anilines is 1. The molecule has 0 aromatic heterocycles. The highest BCUT2D eigenvalue weighted by atomic mass is 19.1. The van der Waals surface area contributed by atoms with Crippen LogP contribution in [0, 0.1) is 12.7 Å². The summed E-state index contributed by atoms with van der Waals surface area (Å²) in [7, 11) is 1.55. The van der Waals surface area contributed by atoms with Gasteiger partial charge in [-0.05, 0) is 43.2 Å². The Balaban J connectivity index is 1.99. The minimum Gasteiger partial charge on any atom is -0.497 e. The maximum Gasteiger partial charge on any atom is 0.319 e. The van der Waals surface area contributed by atoms with Gasteiger partial charge < -0.3 is 20.5 Å². The number of halogens is 1. The van der Waals surface area contributed by atoms with Crippen LogP contribution in [0.15, 0.2) is 42.5 Å². The van der Waals surface area contributed by atoms with Gasteiger partial charge in [0.15, 0.2) is 0 Å². The van der Waals surface area contributed by atoms with Gasteiger partial charge in [-0.1, -0.05) is 18.2 Å². The second-order valence-electron chi connectivity index (χ2n) is 5.77. The molecule has 1 unspecified atom stereocenters. The van der Waals surface area contributed by atoms with E-state index in [4.69, 9.17) is 4.74 Å². The normalized spacial score (nSPS) is 13.0. The van der Waals surface area contributed by atoms with Crippen LogP contribution in [0.3, 0.4) is 0 Å². The van der Waals surface area contributed by atoms with Gasteiger partial charge >= 0.3 is 6.03 Å². The Morgan fingerprint density at radius 3 is 2.54 bits per heavy atom. The molecule has 0 aliphatic heterocycles. The second kappa shape index (κ2) is 7.31. The summed E-state index contributed by atoms with van der Waals surface area (Å²) < 4.78 is 18.1. The van der Waals surface area contributed by atoms with Crippen molar-refractivity contribution in [2.24, 2.45) is 0 Å². The number of benzene rings is 2. The van der Waals surface area contributed by atoms with Crippen LogP contribution in [0.2, 0.25) is 0 Å². The summed E-state index contributed by atoms with van der Waals surface area (Å²) in [5, 5.41) is 15.8. The van der Waals surface area contributed by atoms with Gasteiger partial charge in [0.2, 0.25) is 0 Å². The van der Waals surface area contributed by atoms with Gasteiger partial charge in [0.05, 0.1) is 13.7 Å². The van der Waals surface area contributed by atoms with Crippen LogP contribution in [-0.2, 0) is 5.60 Å². The summed E-state index contributed by atoms with van der Waals surface area (Å²) in [6.45, 7) is 3.40. The molecule has 1 atom stereocenters. The van der Waals surface area contributed by atoms with E-state index in [9.17, 15) is 14.3 Å². The average Bonchev–Trinajstić information content (AvgIpc) is 2.55. The van der Waals surface area contributed by atoms with E-state index in [1.165, 1.54) is 24.3 Å². The van der Waals surface area contributed by atoms with Gasteiger partial charge in [0.25, 0.3) is 0 Å². The quantitative estimate of drug-likeness (QED) is 0.787. The summed E-state index contributed by atoms with van der Waals surface area (Å²) in [5.74, 6) is 0.253. The van der Waals surface area contributed by atoms with Crippen LogP contribution in [-0.4, -0.2) is 24.8 Å². The molecule has 0 aliphatic rings. The molecular formula is C18H21FN2O3. The third-order valence-electron chi connectivity index (χ3n) is 3.75.